The molecule has 1 aliphatic heterocycles. The fourth-order valence-corrected chi connectivity index (χ4v) is 3.82. The molecule has 0 aromatic carbocycles. The van der Waals surface area contributed by atoms with Crippen LogP contribution in [0.2, 0.25) is 0 Å². The van der Waals surface area contributed by atoms with Crippen molar-refractivity contribution in [2.75, 3.05) is 18.0 Å². The highest BCUT2D eigenvalue weighted by atomic mass is 16.6. The summed E-state index contributed by atoms with van der Waals surface area (Å²) in [5, 5.41) is 12.9. The van der Waals surface area contributed by atoms with Crippen LogP contribution in [0.4, 0.5) is 10.6 Å². The molecule has 1 amide bonds. The lowest BCUT2D eigenvalue weighted by Crippen LogP contribution is -2.49. The monoisotopic (exact) mass is 426 g/mol. The van der Waals surface area contributed by atoms with Crippen LogP contribution in [0.5, 0.6) is 0 Å². The van der Waals surface area contributed by atoms with Gasteiger partial charge in [0.15, 0.2) is 0 Å². The number of anilines is 1. The number of aromatic nitrogens is 3. The second kappa shape index (κ2) is 8.84. The third kappa shape index (κ3) is 5.08. The van der Waals surface area contributed by atoms with Gasteiger partial charge in [-0.1, -0.05) is 11.6 Å². The number of nitrogens with one attached hydrogen (secondary N) is 2. The molecule has 3 heterocycles. The van der Waals surface area contributed by atoms with E-state index in [1.807, 2.05) is 45.3 Å². The van der Waals surface area contributed by atoms with Crippen LogP contribution in [0, 0.1) is 11.3 Å². The van der Waals surface area contributed by atoms with Crippen LogP contribution >= 0.6 is 0 Å². The number of carbonyl (C=O) groups is 1. The van der Waals surface area contributed by atoms with Crippen LogP contribution in [-0.4, -0.2) is 45.4 Å². The second-order valence-corrected chi connectivity index (χ2v) is 9.06. The van der Waals surface area contributed by atoms with Gasteiger partial charge in [-0.15, -0.1) is 0 Å². The van der Waals surface area contributed by atoms with E-state index < -0.39 is 11.7 Å². The van der Waals surface area contributed by atoms with Gasteiger partial charge in [0.05, 0.1) is 6.33 Å². The maximum atomic E-state index is 12.6. The topological polar surface area (TPSA) is 116 Å². The number of piperidine rings is 1. The van der Waals surface area contributed by atoms with Crippen molar-refractivity contribution in [3.05, 3.63) is 33.9 Å². The van der Waals surface area contributed by atoms with E-state index in [1.165, 1.54) is 6.33 Å². The van der Waals surface area contributed by atoms with Gasteiger partial charge in [0.2, 0.25) is 0 Å². The van der Waals surface area contributed by atoms with Crippen molar-refractivity contribution in [2.45, 2.75) is 65.6 Å². The Hall–Kier alpha value is -3.28. The number of nitrogens with zero attached hydrogens (tertiary/aromatic N) is 4. The van der Waals surface area contributed by atoms with Gasteiger partial charge in [0.25, 0.3) is 5.56 Å². The van der Waals surface area contributed by atoms with Gasteiger partial charge in [-0.2, -0.15) is 5.26 Å². The van der Waals surface area contributed by atoms with Gasteiger partial charge in [0.1, 0.15) is 34.1 Å². The number of H-pyrrole nitrogens is 1. The first-order chi connectivity index (χ1) is 14.6. The highest BCUT2D eigenvalue weighted by Crippen LogP contribution is 2.31. The molecule has 1 saturated heterocycles. The maximum Gasteiger partial charge on any atom is 0.407 e. The summed E-state index contributed by atoms with van der Waals surface area (Å²) in [5.41, 5.74) is 1.40. The summed E-state index contributed by atoms with van der Waals surface area (Å²) in [6.07, 6.45) is 4.52. The Labute approximate surface area is 181 Å². The first kappa shape index (κ1) is 22.4. The Morgan fingerprint density at radius 3 is 2.84 bits per heavy atom. The van der Waals surface area contributed by atoms with Crippen LogP contribution < -0.4 is 15.8 Å². The number of carbonyl (C=O) groups excluding carboxylic acids is 1. The maximum absolute atomic E-state index is 12.6. The van der Waals surface area contributed by atoms with Crippen molar-refractivity contribution in [3.63, 3.8) is 0 Å². The average Bonchev–Trinajstić information content (AvgIpc) is 2.99. The van der Waals surface area contributed by atoms with Crippen molar-refractivity contribution in [1.29, 1.82) is 5.26 Å². The Morgan fingerprint density at radius 2 is 2.19 bits per heavy atom. The Kier molecular flexibility index (Phi) is 6.39. The number of allylic oxidation sites excluding steroid dienone is 2. The summed E-state index contributed by atoms with van der Waals surface area (Å²) >= 11 is 0. The molecule has 0 radical (unpaired) electrons. The van der Waals surface area contributed by atoms with E-state index >= 15 is 0 Å². The normalized spacial score (nSPS) is 16.6. The van der Waals surface area contributed by atoms with E-state index in [0.29, 0.717) is 42.0 Å². The van der Waals surface area contributed by atoms with E-state index in [1.54, 1.807) is 0 Å². The molecule has 0 saturated carbocycles. The zero-order valence-corrected chi connectivity index (χ0v) is 18.8. The van der Waals surface area contributed by atoms with Crippen molar-refractivity contribution in [3.8, 4) is 6.07 Å². The lowest BCUT2D eigenvalue weighted by Gasteiger charge is -2.35. The predicted octanol–water partition coefficient (Wildman–Crippen LogP) is 3.06. The number of hydrogen-bond acceptors (Lipinski definition) is 6. The number of nitriles is 1. The van der Waals surface area contributed by atoms with Gasteiger partial charge < -0.3 is 24.5 Å². The molecule has 2 N–H and O–H groups in total. The van der Waals surface area contributed by atoms with Gasteiger partial charge in [-0.05, 0) is 47.5 Å². The number of fused-ring (bicyclic) bond motifs is 1. The Morgan fingerprint density at radius 1 is 1.45 bits per heavy atom. The van der Waals surface area contributed by atoms with E-state index in [0.717, 1.165) is 18.4 Å². The number of rotatable bonds is 4. The minimum atomic E-state index is -0.574. The van der Waals surface area contributed by atoms with Crippen LogP contribution in [0.3, 0.4) is 0 Å². The second-order valence-electron chi connectivity index (χ2n) is 9.06. The number of ether oxygens (including phenoxy) is 1. The molecule has 9 nitrogen and oxygen atoms in total. The summed E-state index contributed by atoms with van der Waals surface area (Å²) in [6, 6.07) is 2.12. The number of aromatic amines is 1. The Balaban J connectivity index is 1.99. The molecule has 0 aliphatic carbocycles. The van der Waals surface area contributed by atoms with Gasteiger partial charge >= 0.3 is 6.09 Å². The summed E-state index contributed by atoms with van der Waals surface area (Å²) in [5.74, 6) is 0.662. The smallest absolute Gasteiger partial charge is 0.407 e. The van der Waals surface area contributed by atoms with Crippen molar-refractivity contribution in [2.24, 2.45) is 0 Å². The molecule has 0 unspecified atom stereocenters. The van der Waals surface area contributed by atoms with Crippen LogP contribution in [0.15, 0.2) is 22.8 Å². The molecule has 1 aliphatic rings. The molecule has 1 fully saturated rings. The van der Waals surface area contributed by atoms with Crippen molar-refractivity contribution >= 4 is 22.9 Å². The third-order valence-electron chi connectivity index (χ3n) is 5.05. The summed E-state index contributed by atoms with van der Waals surface area (Å²) in [6.45, 7) is 11.1. The van der Waals surface area contributed by atoms with E-state index in [9.17, 15) is 14.9 Å². The lowest BCUT2D eigenvalue weighted by molar-refractivity contribution is 0.0500. The molecular formula is C22H30N6O3. The number of amides is 1. The van der Waals surface area contributed by atoms with E-state index in [4.69, 9.17) is 4.74 Å². The molecule has 166 valence electrons. The number of hydrogen-bond donors (Lipinski definition) is 2. The molecule has 3 rings (SSSR count). The molecule has 2 aromatic heterocycles. The highest BCUT2D eigenvalue weighted by molar-refractivity contribution is 5.89. The Bertz CT molecular complexity index is 1100. The predicted molar refractivity (Wildman–Crippen MR) is 119 cm³/mol. The standard InChI is InChI=1S/C22H30N6O3/c1-14(2)8-10-28-18-17(24-13-25-19(18)29)16(11-23)20(28)27-9-6-7-15(12-27)26-21(30)31-22(3,4)5/h8,13,15H,6-7,9-10,12H2,1-5H3,(H,26,30)(H,24,25,29)/t15-/m0/s1. The van der Waals surface area contributed by atoms with Crippen LogP contribution in [-0.2, 0) is 11.3 Å². The quantitative estimate of drug-likeness (QED) is 0.726. The minimum absolute atomic E-state index is 0.128. The zero-order chi connectivity index (χ0) is 22.8. The lowest BCUT2D eigenvalue weighted by atomic mass is 10.1. The molecule has 9 heteroatoms. The number of alkyl carbamates (subject to hydrolysis) is 1. The minimum Gasteiger partial charge on any atom is -0.444 e. The average molecular weight is 427 g/mol. The van der Waals surface area contributed by atoms with E-state index in [-0.39, 0.29) is 11.6 Å². The highest BCUT2D eigenvalue weighted by Gasteiger charge is 2.30. The van der Waals surface area contributed by atoms with E-state index in [2.05, 4.69) is 26.3 Å². The van der Waals surface area contributed by atoms with Gasteiger partial charge in [0, 0.05) is 25.7 Å². The van der Waals surface area contributed by atoms with Crippen LogP contribution in [0.1, 0.15) is 53.0 Å². The summed E-state index contributed by atoms with van der Waals surface area (Å²) in [7, 11) is 0. The molecular weight excluding hydrogens is 396 g/mol. The summed E-state index contributed by atoms with van der Waals surface area (Å²) < 4.78 is 7.24. The summed E-state index contributed by atoms with van der Waals surface area (Å²) in [4.78, 5) is 33.8. The molecule has 31 heavy (non-hydrogen) atoms. The first-order valence-electron chi connectivity index (χ1n) is 10.5. The third-order valence-corrected chi connectivity index (χ3v) is 5.05. The molecule has 0 bridgehead atoms. The molecule has 1 atom stereocenters. The molecule has 0 spiro atoms. The fourth-order valence-electron chi connectivity index (χ4n) is 3.82. The SMILES string of the molecule is CC(C)=CCn1c(N2CCC[C@H](NC(=O)OC(C)(C)C)C2)c(C#N)c2nc[nH]c(=O)c21. The van der Waals surface area contributed by atoms with Crippen molar-refractivity contribution < 1.29 is 9.53 Å². The molecule has 2 aromatic rings. The van der Waals surface area contributed by atoms with Crippen molar-refractivity contribution in [1.82, 2.24) is 19.9 Å². The van der Waals surface area contributed by atoms with Crippen LogP contribution in [0.25, 0.3) is 11.0 Å². The largest absolute Gasteiger partial charge is 0.444 e. The first-order valence-corrected chi connectivity index (χ1v) is 10.5. The fraction of sp³-hybridized carbons (Fsp3) is 0.545. The zero-order valence-electron chi connectivity index (χ0n) is 18.8. The van der Waals surface area contributed by atoms with Gasteiger partial charge in [-0.25, -0.2) is 9.78 Å². The van der Waals surface area contributed by atoms with Gasteiger partial charge in [-0.3, -0.25) is 4.79 Å².